The van der Waals surface area contributed by atoms with E-state index < -0.39 is 12.1 Å². The summed E-state index contributed by atoms with van der Waals surface area (Å²) in [6.45, 7) is 4.61. The Kier molecular flexibility index (Phi) is 15.4. The molecule has 1 saturated carbocycles. The molecule has 7 N–H and O–H groups in total. The predicted octanol–water partition coefficient (Wildman–Crippen LogP) is 3.04. The lowest BCUT2D eigenvalue weighted by atomic mass is 9.81. The number of nitrogens with zero attached hydrogens (tertiary/aromatic N) is 4. The SMILES string of the molecule is O=C(O)NC[C@H]1CC[C@H](C(=O)N[C@@H](Cc2ccc(-c3cccc(C(=O)NCCN4CCOCC4)c3)cc2)C(=O)Nc2ccc(-c3nnn[nH]3)cc2)CC1.O=CO. The maximum absolute atomic E-state index is 13.7. The number of nitrogens with one attached hydrogen (secondary N) is 5. The van der Waals surface area contributed by atoms with Crippen LogP contribution in [0, 0.1) is 11.8 Å². The summed E-state index contributed by atoms with van der Waals surface area (Å²) in [7, 11) is 0. The van der Waals surface area contributed by atoms with Crippen LogP contribution in [0.4, 0.5) is 10.5 Å². The summed E-state index contributed by atoms with van der Waals surface area (Å²) in [5.74, 6) is -0.273. The van der Waals surface area contributed by atoms with Crippen LogP contribution >= 0.6 is 0 Å². The van der Waals surface area contributed by atoms with Gasteiger partial charge in [0.05, 0.1) is 13.2 Å². The largest absolute Gasteiger partial charge is 0.483 e. The smallest absolute Gasteiger partial charge is 0.404 e. The summed E-state index contributed by atoms with van der Waals surface area (Å²) in [6, 6.07) is 21.4. The number of rotatable bonds is 14. The second kappa shape index (κ2) is 21.0. The van der Waals surface area contributed by atoms with E-state index in [9.17, 15) is 19.2 Å². The minimum atomic E-state index is -1.05. The molecule has 56 heavy (non-hydrogen) atoms. The number of anilines is 1. The molecule has 17 heteroatoms. The number of carbonyl (C=O) groups is 5. The fourth-order valence-electron chi connectivity index (χ4n) is 6.74. The van der Waals surface area contributed by atoms with Crippen molar-refractivity contribution in [3.63, 3.8) is 0 Å². The van der Waals surface area contributed by atoms with Crippen molar-refractivity contribution in [1.29, 1.82) is 0 Å². The predicted molar refractivity (Wildman–Crippen MR) is 206 cm³/mol. The van der Waals surface area contributed by atoms with Crippen LogP contribution in [0.25, 0.3) is 22.5 Å². The summed E-state index contributed by atoms with van der Waals surface area (Å²) in [5, 5.41) is 41.0. The zero-order valence-electron chi connectivity index (χ0n) is 30.9. The van der Waals surface area contributed by atoms with Crippen LogP contribution in [-0.4, -0.2) is 118 Å². The molecular weight excluding hydrogens is 722 g/mol. The van der Waals surface area contributed by atoms with Crippen LogP contribution < -0.4 is 21.3 Å². The summed E-state index contributed by atoms with van der Waals surface area (Å²) in [5.41, 5.74) is 4.53. The average Bonchev–Trinajstić information content (AvgIpc) is 3.77. The highest BCUT2D eigenvalue weighted by molar-refractivity contribution is 5.98. The van der Waals surface area contributed by atoms with Crippen molar-refractivity contribution in [1.82, 2.24) is 41.5 Å². The normalized spacial score (nSPS) is 17.3. The molecule has 2 fully saturated rings. The van der Waals surface area contributed by atoms with E-state index in [-0.39, 0.29) is 42.5 Å². The molecule has 1 atom stereocenters. The highest BCUT2D eigenvalue weighted by atomic mass is 16.5. The lowest BCUT2D eigenvalue weighted by Crippen LogP contribution is -2.48. The average molecular weight is 770 g/mol. The molecule has 0 bridgehead atoms. The van der Waals surface area contributed by atoms with Gasteiger partial charge in [-0.25, -0.2) is 9.89 Å². The molecule has 2 heterocycles. The van der Waals surface area contributed by atoms with Crippen molar-refractivity contribution in [3.8, 4) is 22.5 Å². The van der Waals surface area contributed by atoms with Crippen molar-refractivity contribution in [2.45, 2.75) is 38.1 Å². The summed E-state index contributed by atoms with van der Waals surface area (Å²) >= 11 is 0. The first-order chi connectivity index (χ1) is 27.2. The minimum absolute atomic E-state index is 0.128. The Morgan fingerprint density at radius 3 is 2.27 bits per heavy atom. The zero-order chi connectivity index (χ0) is 39.7. The zero-order valence-corrected chi connectivity index (χ0v) is 30.9. The van der Waals surface area contributed by atoms with Crippen LogP contribution in [-0.2, 0) is 25.5 Å². The van der Waals surface area contributed by atoms with Gasteiger partial charge in [0, 0.05) is 61.9 Å². The molecule has 4 amide bonds. The maximum atomic E-state index is 13.7. The molecule has 0 unspecified atom stereocenters. The van der Waals surface area contributed by atoms with Gasteiger partial charge in [-0.1, -0.05) is 36.4 Å². The van der Waals surface area contributed by atoms with Gasteiger partial charge in [0.25, 0.3) is 12.4 Å². The molecule has 0 spiro atoms. The van der Waals surface area contributed by atoms with Crippen LogP contribution in [0.5, 0.6) is 0 Å². The lowest BCUT2D eigenvalue weighted by molar-refractivity contribution is -0.130. The van der Waals surface area contributed by atoms with Gasteiger partial charge in [-0.05, 0) is 95.1 Å². The van der Waals surface area contributed by atoms with E-state index in [1.54, 1.807) is 30.3 Å². The Labute approximate surface area is 323 Å². The van der Waals surface area contributed by atoms with Gasteiger partial charge in [0.1, 0.15) is 6.04 Å². The molecule has 1 saturated heterocycles. The second-order valence-corrected chi connectivity index (χ2v) is 13.6. The standard InChI is InChI=1S/C38H45N9O6.CH2O2/c48-35(39-16-17-47-18-20-53-21-19-47)31-3-1-2-30(23-31)27-8-4-25(5-9-27)22-33(42-36(49)29-10-6-26(7-11-29)24-40-38(51)52)37(50)41-32-14-12-28(13-15-32)34-43-45-46-44-34;2-1-3/h1-5,8-9,12-15,23,26,29,33,40H,6-7,10-11,16-22,24H2,(H,39,48)(H,41,50)(H,42,49)(H,51,52)(H,43,44,45,46);1H,(H,2,3)/t26-,29-,33-;/m0./s1. The molecular formula is C39H47N9O8. The molecule has 296 valence electrons. The van der Waals surface area contributed by atoms with Gasteiger partial charge in [-0.3, -0.25) is 24.1 Å². The Bertz CT molecular complexity index is 1880. The quantitative estimate of drug-likeness (QED) is 0.0916. The Morgan fingerprint density at radius 2 is 1.61 bits per heavy atom. The Morgan fingerprint density at radius 1 is 0.911 bits per heavy atom. The van der Waals surface area contributed by atoms with E-state index in [0.29, 0.717) is 56.2 Å². The highest BCUT2D eigenvalue weighted by Gasteiger charge is 2.30. The third-order valence-corrected chi connectivity index (χ3v) is 9.83. The fraction of sp³-hybridized carbons (Fsp3) is 0.385. The van der Waals surface area contributed by atoms with E-state index in [4.69, 9.17) is 19.7 Å². The highest BCUT2D eigenvalue weighted by Crippen LogP contribution is 2.29. The number of carboxylic acid groups (broad SMARTS) is 2. The van der Waals surface area contributed by atoms with Crippen molar-refractivity contribution in [2.24, 2.45) is 11.8 Å². The third-order valence-electron chi connectivity index (χ3n) is 9.83. The fourth-order valence-corrected chi connectivity index (χ4v) is 6.74. The van der Waals surface area contributed by atoms with Crippen molar-refractivity contribution in [3.05, 3.63) is 83.9 Å². The van der Waals surface area contributed by atoms with Crippen LogP contribution in [0.1, 0.15) is 41.6 Å². The molecule has 0 radical (unpaired) electrons. The second-order valence-electron chi connectivity index (χ2n) is 13.6. The van der Waals surface area contributed by atoms with Crippen LogP contribution in [0.3, 0.4) is 0 Å². The number of hydrogen-bond acceptors (Lipinski definition) is 10. The molecule has 17 nitrogen and oxygen atoms in total. The molecule has 3 aromatic carbocycles. The number of morpholine rings is 1. The third kappa shape index (κ3) is 12.4. The number of aromatic nitrogens is 4. The first-order valence-corrected chi connectivity index (χ1v) is 18.5. The van der Waals surface area contributed by atoms with Gasteiger partial charge in [-0.2, -0.15) is 0 Å². The van der Waals surface area contributed by atoms with Gasteiger partial charge in [-0.15, -0.1) is 5.10 Å². The van der Waals surface area contributed by atoms with E-state index in [1.165, 1.54) is 0 Å². The number of aromatic amines is 1. The summed E-state index contributed by atoms with van der Waals surface area (Å²) < 4.78 is 5.39. The van der Waals surface area contributed by atoms with E-state index in [1.807, 2.05) is 42.5 Å². The van der Waals surface area contributed by atoms with Crippen molar-refractivity contribution < 1.29 is 38.9 Å². The monoisotopic (exact) mass is 769 g/mol. The first kappa shape index (κ1) is 41.0. The molecule has 6 rings (SSSR count). The lowest BCUT2D eigenvalue weighted by Gasteiger charge is -2.29. The summed E-state index contributed by atoms with van der Waals surface area (Å²) in [6.07, 6.45) is 1.88. The van der Waals surface area contributed by atoms with Gasteiger partial charge < -0.3 is 36.2 Å². The minimum Gasteiger partial charge on any atom is -0.483 e. The number of benzene rings is 3. The molecule has 1 aromatic heterocycles. The van der Waals surface area contributed by atoms with Crippen LogP contribution in [0.15, 0.2) is 72.8 Å². The number of tetrazole rings is 1. The Hall–Kier alpha value is -6.20. The molecule has 1 aliphatic carbocycles. The molecule has 2 aliphatic rings. The van der Waals surface area contributed by atoms with E-state index in [2.05, 4.69) is 46.8 Å². The van der Waals surface area contributed by atoms with Gasteiger partial charge >= 0.3 is 6.09 Å². The number of amides is 4. The van der Waals surface area contributed by atoms with Gasteiger partial charge in [0.2, 0.25) is 11.8 Å². The number of H-pyrrole nitrogens is 1. The first-order valence-electron chi connectivity index (χ1n) is 18.5. The number of ether oxygens (including phenoxy) is 1. The maximum Gasteiger partial charge on any atom is 0.404 e. The van der Waals surface area contributed by atoms with E-state index in [0.717, 1.165) is 54.7 Å². The van der Waals surface area contributed by atoms with Crippen molar-refractivity contribution >= 4 is 36.0 Å². The molecule has 1 aliphatic heterocycles. The number of hydrogen-bond donors (Lipinski definition) is 7. The van der Waals surface area contributed by atoms with Crippen molar-refractivity contribution in [2.75, 3.05) is 51.3 Å². The van der Waals surface area contributed by atoms with Crippen LogP contribution in [0.2, 0.25) is 0 Å². The molecule has 4 aromatic rings. The Balaban J connectivity index is 0.00000194. The van der Waals surface area contributed by atoms with E-state index >= 15 is 0 Å². The topological polar surface area (TPSA) is 241 Å². The summed E-state index contributed by atoms with van der Waals surface area (Å²) in [4.78, 5) is 61.7. The number of carbonyl (C=O) groups excluding carboxylic acids is 3. The van der Waals surface area contributed by atoms with Gasteiger partial charge in [0.15, 0.2) is 5.82 Å².